The lowest BCUT2D eigenvalue weighted by Crippen LogP contribution is -2.46. The second-order valence-corrected chi connectivity index (χ2v) is 8.38. The number of nitrogens with one attached hydrogen (secondary N) is 1. The summed E-state index contributed by atoms with van der Waals surface area (Å²) in [4.78, 5) is 12.5. The SMILES string of the molecule is COc1ccc([C@@H](C)NC(=O)CN(c2ccccc2F)S(=O)(=O)N(C)C)cc1. The Balaban J connectivity index is 2.21. The lowest BCUT2D eigenvalue weighted by atomic mass is 10.1. The molecule has 7 nitrogen and oxygen atoms in total. The van der Waals surface area contributed by atoms with Gasteiger partial charge in [0.25, 0.3) is 0 Å². The molecule has 0 saturated carbocycles. The van der Waals surface area contributed by atoms with E-state index in [-0.39, 0.29) is 11.7 Å². The first-order valence-corrected chi connectivity index (χ1v) is 9.94. The molecule has 0 aliphatic heterocycles. The zero-order chi connectivity index (χ0) is 20.9. The number of anilines is 1. The molecule has 9 heteroatoms. The normalized spacial score (nSPS) is 12.5. The quantitative estimate of drug-likeness (QED) is 0.726. The van der Waals surface area contributed by atoms with Crippen LogP contribution in [0.3, 0.4) is 0 Å². The Labute approximate surface area is 164 Å². The zero-order valence-corrected chi connectivity index (χ0v) is 17.0. The lowest BCUT2D eigenvalue weighted by Gasteiger charge is -2.27. The maximum Gasteiger partial charge on any atom is 0.304 e. The van der Waals surface area contributed by atoms with Gasteiger partial charge in [-0.3, -0.25) is 4.79 Å². The van der Waals surface area contributed by atoms with E-state index in [1.54, 1.807) is 38.3 Å². The summed E-state index contributed by atoms with van der Waals surface area (Å²) in [5.74, 6) is -0.606. The van der Waals surface area contributed by atoms with Gasteiger partial charge in [-0.2, -0.15) is 12.7 Å². The van der Waals surface area contributed by atoms with Gasteiger partial charge in [-0.25, -0.2) is 8.70 Å². The standard InChI is InChI=1S/C19H24FN3O4S/c1-14(15-9-11-16(27-4)12-10-15)21-19(24)13-23(28(25,26)22(2)3)18-8-6-5-7-17(18)20/h5-12,14H,13H2,1-4H3,(H,21,24)/t14-/m1/s1. The maximum absolute atomic E-state index is 14.2. The van der Waals surface area contributed by atoms with Crippen LogP contribution in [0.15, 0.2) is 48.5 Å². The van der Waals surface area contributed by atoms with Crippen molar-refractivity contribution in [1.82, 2.24) is 9.62 Å². The number of para-hydroxylation sites is 1. The van der Waals surface area contributed by atoms with Crippen LogP contribution in [0.4, 0.5) is 10.1 Å². The number of carbonyl (C=O) groups is 1. The third-order valence-corrected chi connectivity index (χ3v) is 5.95. The molecule has 0 bridgehead atoms. The third kappa shape index (κ3) is 4.99. The average Bonchev–Trinajstić information content (AvgIpc) is 2.66. The highest BCUT2D eigenvalue weighted by atomic mass is 32.2. The van der Waals surface area contributed by atoms with Gasteiger partial charge < -0.3 is 10.1 Å². The van der Waals surface area contributed by atoms with Crippen LogP contribution in [-0.4, -0.2) is 46.4 Å². The van der Waals surface area contributed by atoms with Gasteiger partial charge in [0.05, 0.1) is 18.8 Å². The Morgan fingerprint density at radius 1 is 1.14 bits per heavy atom. The number of nitrogens with zero attached hydrogens (tertiary/aromatic N) is 2. The van der Waals surface area contributed by atoms with E-state index in [1.807, 2.05) is 0 Å². The van der Waals surface area contributed by atoms with E-state index in [9.17, 15) is 17.6 Å². The van der Waals surface area contributed by atoms with Crippen molar-refractivity contribution in [1.29, 1.82) is 0 Å². The van der Waals surface area contributed by atoms with Crippen molar-refractivity contribution >= 4 is 21.8 Å². The van der Waals surface area contributed by atoms with Gasteiger partial charge in [0, 0.05) is 14.1 Å². The Kier molecular flexibility index (Phi) is 6.98. The summed E-state index contributed by atoms with van der Waals surface area (Å²) in [5.41, 5.74) is 0.630. The number of carbonyl (C=O) groups excluding carboxylic acids is 1. The van der Waals surface area contributed by atoms with Gasteiger partial charge in [-0.15, -0.1) is 0 Å². The summed E-state index contributed by atoms with van der Waals surface area (Å²) in [7, 11) is 0.129. The number of ether oxygens (including phenoxy) is 1. The van der Waals surface area contributed by atoms with Crippen LogP contribution in [0.25, 0.3) is 0 Å². The molecule has 2 rings (SSSR count). The Hall–Kier alpha value is -2.65. The van der Waals surface area contributed by atoms with Crippen molar-refractivity contribution in [2.24, 2.45) is 0 Å². The van der Waals surface area contributed by atoms with Gasteiger partial charge in [-0.1, -0.05) is 24.3 Å². The summed E-state index contributed by atoms with van der Waals surface area (Å²) in [6, 6.07) is 12.2. The number of halogens is 1. The molecule has 1 amide bonds. The first-order chi connectivity index (χ1) is 13.2. The van der Waals surface area contributed by atoms with Crippen LogP contribution < -0.4 is 14.4 Å². The zero-order valence-electron chi connectivity index (χ0n) is 16.2. The maximum atomic E-state index is 14.2. The minimum atomic E-state index is -4.07. The van der Waals surface area contributed by atoms with Crippen molar-refractivity contribution in [2.75, 3.05) is 32.1 Å². The summed E-state index contributed by atoms with van der Waals surface area (Å²) in [6.45, 7) is 1.22. The molecular weight excluding hydrogens is 385 g/mol. The highest BCUT2D eigenvalue weighted by Gasteiger charge is 2.29. The topological polar surface area (TPSA) is 79.0 Å². The molecule has 0 spiro atoms. The Bertz CT molecular complexity index is 917. The molecule has 0 saturated heterocycles. The number of rotatable bonds is 8. The summed E-state index contributed by atoms with van der Waals surface area (Å²) in [6.07, 6.45) is 0. The van der Waals surface area contributed by atoms with Gasteiger partial charge in [0.2, 0.25) is 5.91 Å². The summed E-state index contributed by atoms with van der Waals surface area (Å²) in [5, 5.41) is 2.74. The van der Waals surface area contributed by atoms with E-state index >= 15 is 0 Å². The molecule has 0 radical (unpaired) electrons. The van der Waals surface area contributed by atoms with Crippen LogP contribution in [0.2, 0.25) is 0 Å². The molecule has 0 fully saturated rings. The van der Waals surface area contributed by atoms with Crippen molar-refractivity contribution in [2.45, 2.75) is 13.0 Å². The van der Waals surface area contributed by atoms with E-state index in [4.69, 9.17) is 4.74 Å². The van der Waals surface area contributed by atoms with Crippen LogP contribution in [0.1, 0.15) is 18.5 Å². The van der Waals surface area contributed by atoms with Crippen molar-refractivity contribution in [3.63, 3.8) is 0 Å². The highest BCUT2D eigenvalue weighted by Crippen LogP contribution is 2.23. The van der Waals surface area contributed by atoms with Crippen LogP contribution in [0, 0.1) is 5.82 Å². The predicted octanol–water partition coefficient (Wildman–Crippen LogP) is 2.32. The fraction of sp³-hybridized carbons (Fsp3) is 0.316. The Morgan fingerprint density at radius 2 is 1.75 bits per heavy atom. The van der Waals surface area contributed by atoms with E-state index < -0.39 is 28.5 Å². The Morgan fingerprint density at radius 3 is 2.29 bits per heavy atom. The fourth-order valence-electron chi connectivity index (χ4n) is 2.54. The molecule has 0 aliphatic carbocycles. The van der Waals surface area contributed by atoms with E-state index in [0.717, 1.165) is 20.2 Å². The number of methoxy groups -OCH3 is 1. The van der Waals surface area contributed by atoms with Crippen molar-refractivity contribution < 1.29 is 22.3 Å². The molecule has 2 aromatic carbocycles. The molecule has 0 aromatic heterocycles. The minimum absolute atomic E-state index is 0.191. The summed E-state index contributed by atoms with van der Waals surface area (Å²) >= 11 is 0. The van der Waals surface area contributed by atoms with Crippen LogP contribution in [0.5, 0.6) is 5.75 Å². The first kappa shape index (κ1) is 21.6. The minimum Gasteiger partial charge on any atom is -0.497 e. The van der Waals surface area contributed by atoms with E-state index in [2.05, 4.69) is 5.32 Å². The van der Waals surface area contributed by atoms with E-state index in [1.165, 1.54) is 32.3 Å². The molecule has 0 heterocycles. The molecule has 0 aliphatic rings. The second kappa shape index (κ2) is 9.03. The molecule has 0 unspecified atom stereocenters. The van der Waals surface area contributed by atoms with Gasteiger partial charge in [0.1, 0.15) is 18.1 Å². The lowest BCUT2D eigenvalue weighted by molar-refractivity contribution is -0.120. The fourth-order valence-corrected chi connectivity index (χ4v) is 3.61. The molecule has 1 N–H and O–H groups in total. The van der Waals surface area contributed by atoms with Gasteiger partial charge >= 0.3 is 10.2 Å². The van der Waals surface area contributed by atoms with Gasteiger partial charge in [-0.05, 0) is 36.8 Å². The molecule has 1 atom stereocenters. The molecule has 2 aromatic rings. The van der Waals surface area contributed by atoms with Crippen molar-refractivity contribution in [3.8, 4) is 5.75 Å². The third-order valence-electron chi connectivity index (χ3n) is 4.14. The van der Waals surface area contributed by atoms with Crippen LogP contribution >= 0.6 is 0 Å². The highest BCUT2D eigenvalue weighted by molar-refractivity contribution is 7.90. The monoisotopic (exact) mass is 409 g/mol. The van der Waals surface area contributed by atoms with Gasteiger partial charge in [0.15, 0.2) is 0 Å². The number of hydrogen-bond donors (Lipinski definition) is 1. The van der Waals surface area contributed by atoms with Crippen LogP contribution in [-0.2, 0) is 15.0 Å². The summed E-state index contributed by atoms with van der Waals surface area (Å²) < 4.78 is 46.3. The average molecular weight is 409 g/mol. The number of benzene rings is 2. The largest absolute Gasteiger partial charge is 0.497 e. The molecule has 28 heavy (non-hydrogen) atoms. The molecule has 152 valence electrons. The second-order valence-electron chi connectivity index (χ2n) is 6.31. The van der Waals surface area contributed by atoms with Crippen molar-refractivity contribution in [3.05, 3.63) is 59.9 Å². The molecular formula is C19H24FN3O4S. The number of amides is 1. The smallest absolute Gasteiger partial charge is 0.304 e. The number of hydrogen-bond acceptors (Lipinski definition) is 4. The van der Waals surface area contributed by atoms with E-state index in [0.29, 0.717) is 5.75 Å². The first-order valence-electron chi connectivity index (χ1n) is 8.55. The predicted molar refractivity (Wildman–Crippen MR) is 106 cm³/mol.